The minimum atomic E-state index is 0.878. The molecule has 0 unspecified atom stereocenters. The van der Waals surface area contributed by atoms with Crippen LogP contribution >= 0.6 is 70.6 Å². The van der Waals surface area contributed by atoms with Gasteiger partial charge in [0.2, 0.25) is 0 Å². The summed E-state index contributed by atoms with van der Waals surface area (Å²) in [5.74, 6) is 2.78. The van der Waals surface area contributed by atoms with Gasteiger partial charge in [0.15, 0.2) is 0 Å². The van der Waals surface area contributed by atoms with Crippen LogP contribution in [0.4, 0.5) is 0 Å². The smallest absolute Gasteiger partial charge is 0.141 e. The van der Waals surface area contributed by atoms with E-state index in [1.807, 2.05) is 42.7 Å². The molecule has 0 N–H and O–H groups in total. The van der Waals surface area contributed by atoms with Gasteiger partial charge in [-0.15, -0.1) is 70.6 Å². The van der Waals surface area contributed by atoms with Crippen LogP contribution in [0.1, 0.15) is 33.4 Å². The van der Waals surface area contributed by atoms with Gasteiger partial charge >= 0.3 is 0 Å². The van der Waals surface area contributed by atoms with Gasteiger partial charge in [0.05, 0.1) is 7.11 Å². The lowest BCUT2D eigenvalue weighted by molar-refractivity contribution is 0.404. The lowest BCUT2D eigenvalue weighted by Gasteiger charge is -2.10. The van der Waals surface area contributed by atoms with Crippen molar-refractivity contribution >= 4 is 103 Å². The molecule has 0 radical (unpaired) electrons. The van der Waals surface area contributed by atoms with Crippen molar-refractivity contribution in [2.45, 2.75) is 70.9 Å². The summed E-state index contributed by atoms with van der Waals surface area (Å²) >= 11 is 10.6. The molecule has 0 saturated heterocycles. The number of hydrogen-bond acceptors (Lipinski definition) is 8. The van der Waals surface area contributed by atoms with E-state index in [0.717, 1.165) is 22.1 Å². The maximum atomic E-state index is 5.86. The topological polar surface area (TPSA) is 18.5 Å². The Morgan fingerprint density at radius 3 is 1.26 bits per heavy atom. The van der Waals surface area contributed by atoms with Crippen molar-refractivity contribution in [2.75, 3.05) is 44.6 Å². The highest BCUT2D eigenvalue weighted by molar-refractivity contribution is 7.99. The summed E-state index contributed by atoms with van der Waals surface area (Å²) < 4.78 is 11.1. The minimum Gasteiger partial charge on any atom is -0.496 e. The first-order valence-corrected chi connectivity index (χ1v) is 34.0. The van der Waals surface area contributed by atoms with Gasteiger partial charge in [0.1, 0.15) is 17.2 Å². The Morgan fingerprint density at radius 2 is 0.691 bits per heavy atom. The third-order valence-electron chi connectivity index (χ3n) is 13.0. The molecular formula is C73H76O2S6. The first-order chi connectivity index (χ1) is 39.3. The Hall–Kier alpha value is -6.10. The average Bonchev–Trinajstić information content (AvgIpc) is 3.50. The van der Waals surface area contributed by atoms with Crippen LogP contribution in [0.2, 0.25) is 0 Å². The number of aryl methyl sites for hydroxylation is 6. The summed E-state index contributed by atoms with van der Waals surface area (Å²) in [5, 5.41) is 8.06. The van der Waals surface area contributed by atoms with E-state index < -0.39 is 0 Å². The molecule has 0 aromatic heterocycles. The van der Waals surface area contributed by atoms with Gasteiger partial charge in [-0.1, -0.05) is 162 Å². The van der Waals surface area contributed by atoms with Gasteiger partial charge in [-0.05, 0) is 218 Å². The van der Waals surface area contributed by atoms with E-state index in [9.17, 15) is 0 Å². The fourth-order valence-corrected chi connectivity index (χ4v) is 11.5. The quantitative estimate of drug-likeness (QED) is 0.125. The second kappa shape index (κ2) is 33.7. The van der Waals surface area contributed by atoms with Crippen molar-refractivity contribution in [3.63, 3.8) is 0 Å². The van der Waals surface area contributed by atoms with Crippen LogP contribution in [0.3, 0.4) is 0 Å². The normalized spacial score (nSPS) is 10.3. The van der Waals surface area contributed by atoms with E-state index in [-0.39, 0.29) is 0 Å². The summed E-state index contributed by atoms with van der Waals surface area (Å²) in [6.45, 7) is 12.7. The Kier molecular flexibility index (Phi) is 26.7. The molecule has 8 heteroatoms. The number of ether oxygens (including phenoxy) is 2. The van der Waals surface area contributed by atoms with E-state index in [1.165, 1.54) is 101 Å². The Balaban J connectivity index is 0.000000157. The molecule has 0 bridgehead atoms. The third kappa shape index (κ3) is 20.1. The molecule has 0 fully saturated rings. The highest BCUT2D eigenvalue weighted by Crippen LogP contribution is 2.33. The van der Waals surface area contributed by atoms with Crippen molar-refractivity contribution < 1.29 is 9.47 Å². The molecule has 11 aromatic carbocycles. The Morgan fingerprint density at radius 1 is 0.284 bits per heavy atom. The molecule has 0 heterocycles. The molecule has 11 rings (SSSR count). The van der Waals surface area contributed by atoms with E-state index in [0.29, 0.717) is 0 Å². The molecule has 0 aliphatic carbocycles. The third-order valence-corrected chi connectivity index (χ3v) is 17.6. The molecule has 0 atom stereocenters. The molecular weight excluding hydrogens is 1100 g/mol. The van der Waals surface area contributed by atoms with Crippen LogP contribution in [-0.2, 0) is 0 Å². The van der Waals surface area contributed by atoms with Crippen LogP contribution in [-0.4, -0.2) is 44.6 Å². The van der Waals surface area contributed by atoms with Crippen molar-refractivity contribution in [3.8, 4) is 28.4 Å². The second-order valence-corrected chi connectivity index (χ2v) is 24.3. The molecule has 81 heavy (non-hydrogen) atoms. The zero-order chi connectivity index (χ0) is 58.1. The maximum Gasteiger partial charge on any atom is 0.141 e. The molecule has 11 aromatic rings. The SMILES string of the molecule is COc1cc(C)ccc1SC.CSc1ccc(-c2ccc(C)cc2)cc1.CSc1ccc(C)c2ccccc12.CSc1ccc(C)cc1Oc1ccccc1.CSc1ccc2cc(C)ccc2c1.CSc1ccc2ccc(C)cc2c1. The van der Waals surface area contributed by atoms with Crippen LogP contribution in [0.15, 0.2) is 254 Å². The van der Waals surface area contributed by atoms with Gasteiger partial charge in [-0.2, -0.15) is 0 Å². The number of rotatable bonds is 10. The lowest BCUT2D eigenvalue weighted by Crippen LogP contribution is -1.87. The van der Waals surface area contributed by atoms with Crippen molar-refractivity contribution in [1.82, 2.24) is 0 Å². The van der Waals surface area contributed by atoms with E-state index in [4.69, 9.17) is 9.47 Å². The number of methoxy groups -OCH3 is 1. The highest BCUT2D eigenvalue weighted by Gasteiger charge is 2.06. The number of hydrogen-bond donors (Lipinski definition) is 0. The standard InChI is InChI=1S/C14H14OS.C14H14S.3C12H12S.C9H12OS/c1-11-8-9-14(16-2)13(10-11)15-12-6-4-3-5-7-12;1-11-3-5-12(6-4-11)13-7-9-14(15-2)10-8-13;1-9-3-4-11-8-12(13-2)6-5-10(11)7-9;1-9-3-4-10-5-6-12(13-2)8-11(10)7-9;1-9-7-8-12(13-2)11-6-4-3-5-10(9)11;1-7-4-5-9(11-3)8(6-7)10-2/h3-10H,1-2H3;3-10H,1-2H3;3*3-8H,1-2H3;4-6H,1-3H3. The maximum absolute atomic E-state index is 5.86. The predicted octanol–water partition coefficient (Wildman–Crippen LogP) is 23.2. The number of para-hydroxylation sites is 1. The molecule has 0 amide bonds. The summed E-state index contributed by atoms with van der Waals surface area (Å²) in [5.41, 5.74) is 10.3. The zero-order valence-electron chi connectivity index (χ0n) is 49.1. The molecule has 0 spiro atoms. The van der Waals surface area contributed by atoms with Gasteiger partial charge in [-0.25, -0.2) is 0 Å². The fourth-order valence-electron chi connectivity index (χ4n) is 8.49. The Labute approximate surface area is 510 Å². The largest absolute Gasteiger partial charge is 0.496 e. The molecule has 2 nitrogen and oxygen atoms in total. The lowest BCUT2D eigenvalue weighted by atomic mass is 10.0. The van der Waals surface area contributed by atoms with Crippen molar-refractivity contribution in [2.24, 2.45) is 0 Å². The molecule has 416 valence electrons. The summed E-state index contributed by atoms with van der Waals surface area (Å²) in [6.07, 6.45) is 12.5. The van der Waals surface area contributed by atoms with Gasteiger partial charge < -0.3 is 9.47 Å². The van der Waals surface area contributed by atoms with Crippen molar-refractivity contribution in [1.29, 1.82) is 0 Å². The Bertz CT molecular complexity index is 3690. The second-order valence-electron chi connectivity index (χ2n) is 19.1. The van der Waals surface area contributed by atoms with Crippen LogP contribution in [0.25, 0.3) is 43.4 Å². The van der Waals surface area contributed by atoms with Crippen LogP contribution in [0, 0.1) is 41.5 Å². The average molecular weight is 1180 g/mol. The molecule has 0 aliphatic rings. The van der Waals surface area contributed by atoms with E-state index >= 15 is 0 Å². The van der Waals surface area contributed by atoms with Crippen LogP contribution in [0.5, 0.6) is 17.2 Å². The summed E-state index contributed by atoms with van der Waals surface area (Å²) in [6, 6.07) is 79.0. The first-order valence-electron chi connectivity index (χ1n) is 26.7. The van der Waals surface area contributed by atoms with E-state index in [2.05, 4.69) is 261 Å². The summed E-state index contributed by atoms with van der Waals surface area (Å²) in [4.78, 5) is 7.69. The van der Waals surface area contributed by atoms with Gasteiger partial charge in [-0.3, -0.25) is 0 Å². The molecule has 0 aliphatic heterocycles. The van der Waals surface area contributed by atoms with Gasteiger partial charge in [0, 0.05) is 29.4 Å². The van der Waals surface area contributed by atoms with Crippen LogP contribution < -0.4 is 9.47 Å². The minimum absolute atomic E-state index is 0.878. The number of fused-ring (bicyclic) bond motifs is 3. The highest BCUT2D eigenvalue weighted by atomic mass is 32.2. The first kappa shape index (κ1) is 64.1. The van der Waals surface area contributed by atoms with Crippen molar-refractivity contribution in [3.05, 3.63) is 258 Å². The van der Waals surface area contributed by atoms with Gasteiger partial charge in [0.25, 0.3) is 0 Å². The predicted molar refractivity (Wildman–Crippen MR) is 369 cm³/mol. The molecule has 0 saturated carbocycles. The fraction of sp³-hybridized carbons (Fsp3) is 0.178. The number of thioether (sulfide) groups is 6. The van der Waals surface area contributed by atoms with E-state index in [1.54, 1.807) is 77.7 Å². The summed E-state index contributed by atoms with van der Waals surface area (Å²) in [7, 11) is 1.70. The zero-order valence-corrected chi connectivity index (χ0v) is 54.0. The number of benzene rings is 11. The monoisotopic (exact) mass is 1180 g/mol.